The van der Waals surface area contributed by atoms with Crippen LogP contribution in [0.1, 0.15) is 80.4 Å². The van der Waals surface area contributed by atoms with E-state index in [2.05, 4.69) is 93.9 Å². The molecule has 14 heteroatoms. The number of aliphatic imine (C=N–C) groups is 3. The van der Waals surface area contributed by atoms with Crippen LogP contribution in [0.25, 0.3) is 22.2 Å². The van der Waals surface area contributed by atoms with Crippen LogP contribution in [-0.4, -0.2) is 39.3 Å². The van der Waals surface area contributed by atoms with Gasteiger partial charge in [0, 0.05) is 70.6 Å². The molecule has 6 atom stereocenters. The number of hydrogen-bond acceptors (Lipinski definition) is 8. The number of fused-ring (bicyclic) bond motifs is 12. The third kappa shape index (κ3) is 10.2. The Bertz CT molecular complexity index is 4100. The van der Waals surface area contributed by atoms with Gasteiger partial charge >= 0.3 is 0 Å². The molecule has 81 heavy (non-hydrogen) atoms. The van der Waals surface area contributed by atoms with Crippen molar-refractivity contribution >= 4 is 97.4 Å². The maximum absolute atomic E-state index is 6.37. The second-order valence-corrected chi connectivity index (χ2v) is 23.3. The van der Waals surface area contributed by atoms with Gasteiger partial charge in [-0.25, -0.2) is 20.0 Å². The topological polar surface area (TPSA) is 91.8 Å². The summed E-state index contributed by atoms with van der Waals surface area (Å²) in [6, 6.07) is 68.6. The van der Waals surface area contributed by atoms with E-state index in [1.54, 1.807) is 0 Å². The highest BCUT2D eigenvalue weighted by atomic mass is 127. The Morgan fingerprint density at radius 1 is 0.481 bits per heavy atom. The van der Waals surface area contributed by atoms with Gasteiger partial charge in [-0.05, 0) is 141 Å². The predicted molar refractivity (Wildman–Crippen MR) is 331 cm³/mol. The van der Waals surface area contributed by atoms with E-state index in [9.17, 15) is 0 Å². The Kier molecular flexibility index (Phi) is 13.9. The maximum Gasteiger partial charge on any atom is 0.236 e. The number of halogens is 5. The van der Waals surface area contributed by atoms with Crippen LogP contribution in [0, 0.1) is 3.57 Å². The first-order valence-electron chi connectivity index (χ1n) is 26.6. The summed E-state index contributed by atoms with van der Waals surface area (Å²) in [7, 11) is 0. The summed E-state index contributed by atoms with van der Waals surface area (Å²) in [5.74, 6) is 2.78. The van der Waals surface area contributed by atoms with Crippen LogP contribution in [0.2, 0.25) is 20.1 Å². The molecule has 0 radical (unpaired) electrons. The second-order valence-electron chi connectivity index (χ2n) is 20.4. The van der Waals surface area contributed by atoms with Gasteiger partial charge in [-0.15, -0.1) is 0 Å². The van der Waals surface area contributed by atoms with Crippen LogP contribution in [0.15, 0.2) is 221 Å². The normalized spacial score (nSPS) is 20.0. The lowest BCUT2D eigenvalue weighted by molar-refractivity contribution is 0.173. The van der Waals surface area contributed by atoms with Crippen LogP contribution in [-0.2, 0) is 28.7 Å². The number of hydrogen-bond donors (Lipinski definition) is 0. The number of aromatic nitrogens is 2. The smallest absolute Gasteiger partial charge is 0.236 e. The zero-order valence-corrected chi connectivity index (χ0v) is 48.2. The first kappa shape index (κ1) is 51.7. The van der Waals surface area contributed by atoms with Crippen molar-refractivity contribution in [1.82, 2.24) is 9.55 Å². The molecule has 6 heterocycles. The summed E-state index contributed by atoms with van der Waals surface area (Å²) in [5.41, 5.74) is 15.1. The van der Waals surface area contributed by atoms with Crippen molar-refractivity contribution in [2.45, 2.75) is 56.0 Å². The molecule has 2 aliphatic carbocycles. The minimum atomic E-state index is -0.381. The van der Waals surface area contributed by atoms with Crippen molar-refractivity contribution in [3.05, 3.63) is 286 Å². The lowest BCUT2D eigenvalue weighted by Crippen LogP contribution is -2.22. The Morgan fingerprint density at radius 2 is 1.02 bits per heavy atom. The quantitative estimate of drug-likeness (QED) is 0.155. The summed E-state index contributed by atoms with van der Waals surface area (Å²) in [6.07, 6.45) is 1.98. The predicted octanol–water partition coefficient (Wildman–Crippen LogP) is 17.2. The molecule has 6 aliphatic rings. The molecular formula is C67H46Cl4IN5O4. The fourth-order valence-corrected chi connectivity index (χ4v) is 12.8. The summed E-state index contributed by atoms with van der Waals surface area (Å²) in [4.78, 5) is 19.4. The summed E-state index contributed by atoms with van der Waals surface area (Å²) in [6.45, 7) is 0. The van der Waals surface area contributed by atoms with E-state index in [0.717, 1.165) is 99.5 Å². The highest BCUT2D eigenvalue weighted by molar-refractivity contribution is 14.1. The standard InChI is InChI=1S/C25H19N3O2.C21H14Cl2INO.C21H13Cl2NO/c1-3-8-16-14(6-1)12-20-22(16)27-24(29-20)18-10-5-11-19(26-18)25-28-23-17-9-4-2-7-15(17)13-21(23)30-25;22-15-7-9-18(24)14(10-15)11-19-17-8-6-16(23)12-20(17)26-21(25-19)13-4-2-1-3-5-13;22-15-7-9-18-14(10-15)11-19-17-8-6-16(23)12-20(17)25-21(24(18)19)13-4-2-1-3-5-13/h1-11,20-23H,12-13H2;1-10,12,21H,11H2;1-12,21H/t20-,21-,22+,23+;;21-/m1.0/s1. The molecule has 0 N–H and O–H groups in total. The van der Waals surface area contributed by atoms with Crippen LogP contribution < -0.4 is 9.47 Å². The first-order chi connectivity index (χ1) is 39.6. The zero-order chi connectivity index (χ0) is 54.7. The molecule has 0 amide bonds. The third-order valence-electron chi connectivity index (χ3n) is 15.3. The third-order valence-corrected chi connectivity index (χ3v) is 17.3. The van der Waals surface area contributed by atoms with E-state index >= 15 is 0 Å². The molecule has 10 aromatic rings. The van der Waals surface area contributed by atoms with Gasteiger partial charge in [0.2, 0.25) is 24.3 Å². The van der Waals surface area contributed by atoms with Gasteiger partial charge in [-0.3, -0.25) is 0 Å². The number of nitrogens with zero attached hydrogens (tertiary/aromatic N) is 5. The van der Waals surface area contributed by atoms with Gasteiger partial charge in [0.1, 0.15) is 47.2 Å². The highest BCUT2D eigenvalue weighted by Crippen LogP contribution is 2.46. The highest BCUT2D eigenvalue weighted by Gasteiger charge is 2.42. The van der Waals surface area contributed by atoms with E-state index in [1.807, 2.05) is 140 Å². The van der Waals surface area contributed by atoms with Crippen molar-refractivity contribution in [2.24, 2.45) is 15.0 Å². The number of rotatable bonds is 6. The maximum atomic E-state index is 6.37. The molecule has 1 unspecified atom stereocenters. The Labute approximate surface area is 501 Å². The average molecular weight is 1250 g/mol. The summed E-state index contributed by atoms with van der Waals surface area (Å²) in [5, 5.41) is 3.86. The number of benzene rings is 8. The van der Waals surface area contributed by atoms with Crippen molar-refractivity contribution in [1.29, 1.82) is 0 Å². The molecule has 2 aromatic heterocycles. The Balaban J connectivity index is 0.000000110. The molecule has 9 nitrogen and oxygen atoms in total. The van der Waals surface area contributed by atoms with Crippen LogP contribution in [0.4, 0.5) is 0 Å². The van der Waals surface area contributed by atoms with Crippen LogP contribution >= 0.6 is 69.0 Å². The molecule has 16 rings (SSSR count). The molecular weight excluding hydrogens is 1210 g/mol. The molecule has 0 spiro atoms. The first-order valence-corrected chi connectivity index (χ1v) is 29.2. The number of ether oxygens (including phenoxy) is 4. The molecule has 0 fully saturated rings. The minimum Gasteiger partial charge on any atom is -0.470 e. The molecule has 4 aliphatic heterocycles. The number of pyridine rings is 1. The van der Waals surface area contributed by atoms with E-state index in [0.29, 0.717) is 28.3 Å². The van der Waals surface area contributed by atoms with Gasteiger partial charge in [0.15, 0.2) is 0 Å². The largest absolute Gasteiger partial charge is 0.470 e. The van der Waals surface area contributed by atoms with E-state index in [-0.39, 0.29) is 36.7 Å². The SMILES string of the molecule is Clc1ccc(I)c(CC2=NC(c3ccccc3)Oc3cc(Cl)ccc32)c1.Clc1ccc2c(c1)O[C@@H](c1ccccc1)n1c-2cc2cc(Cl)ccc21.c1cc(C2=N[C@H]3c4ccccc4C[C@H]3O2)nc(C2=N[C@H]3c4ccccc4C[C@H]3O2)c1. The molecule has 0 saturated heterocycles. The van der Waals surface area contributed by atoms with Crippen molar-refractivity contribution in [2.75, 3.05) is 0 Å². The molecule has 0 bridgehead atoms. The van der Waals surface area contributed by atoms with Crippen molar-refractivity contribution in [3.63, 3.8) is 0 Å². The lowest BCUT2D eigenvalue weighted by atomic mass is 9.99. The van der Waals surface area contributed by atoms with Gasteiger partial charge < -0.3 is 23.5 Å². The minimum absolute atomic E-state index is 0.0672. The summed E-state index contributed by atoms with van der Waals surface area (Å²) >= 11 is 27.1. The molecule has 0 saturated carbocycles. The monoisotopic (exact) mass is 1250 g/mol. The van der Waals surface area contributed by atoms with E-state index < -0.39 is 0 Å². The van der Waals surface area contributed by atoms with Crippen molar-refractivity contribution in [3.8, 4) is 22.8 Å². The van der Waals surface area contributed by atoms with Gasteiger partial charge in [-0.2, -0.15) is 0 Å². The molecule has 8 aromatic carbocycles. The fraction of sp³-hybridized carbons (Fsp3) is 0.134. The Hall–Kier alpha value is -7.45. The summed E-state index contributed by atoms with van der Waals surface area (Å²) < 4.78 is 28.3. The average Bonchev–Trinajstić information content (AvgIpc) is 4.54. The van der Waals surface area contributed by atoms with Crippen LogP contribution in [0.5, 0.6) is 11.5 Å². The van der Waals surface area contributed by atoms with E-state index in [1.165, 1.54) is 22.3 Å². The van der Waals surface area contributed by atoms with Crippen LogP contribution in [0.3, 0.4) is 0 Å². The van der Waals surface area contributed by atoms with Gasteiger partial charge in [0.25, 0.3) is 0 Å². The van der Waals surface area contributed by atoms with Gasteiger partial charge in [0.05, 0.1) is 16.9 Å². The van der Waals surface area contributed by atoms with Crippen molar-refractivity contribution < 1.29 is 18.9 Å². The second kappa shape index (κ2) is 21.8. The van der Waals surface area contributed by atoms with Gasteiger partial charge in [-0.1, -0.05) is 162 Å². The zero-order valence-electron chi connectivity index (χ0n) is 43.0. The molecule has 398 valence electrons. The fourth-order valence-electron chi connectivity index (χ4n) is 11.5. The van der Waals surface area contributed by atoms with E-state index in [4.69, 9.17) is 85.3 Å². The Morgan fingerprint density at radius 3 is 1.68 bits per heavy atom. The lowest BCUT2D eigenvalue weighted by Gasteiger charge is -2.30.